The molecule has 0 saturated heterocycles. The number of hydrogen-bond acceptors (Lipinski definition) is 1. The van der Waals surface area contributed by atoms with Crippen LogP contribution in [0.2, 0.25) is 0 Å². The minimum atomic E-state index is -6.56. The molecule has 1 aromatic heterocycles. The van der Waals surface area contributed by atoms with Gasteiger partial charge in [-0.15, -0.1) is 0 Å². The van der Waals surface area contributed by atoms with Gasteiger partial charge in [-0.25, -0.2) is 8.78 Å². The topological polar surface area (TPSA) is 44.9 Å². The van der Waals surface area contributed by atoms with E-state index in [1.807, 2.05) is 0 Å². The number of H-pyrrole nitrogens is 1. The molecule has 0 spiro atoms. The Bertz CT molecular complexity index is 787. The molecule has 0 atom stereocenters. The highest BCUT2D eigenvalue weighted by atomic mass is 19.4. The summed E-state index contributed by atoms with van der Waals surface area (Å²) in [5.41, 5.74) is 1.25. The standard InChI is InChI=1S/C15H12F8N2O/c16-11(17)13(18,19)15(22,23)14(20,21)12(26)24-6-5-8-7-25-10-4-2-1-3-9(8)10/h1-4,7,11,25H,5-6H2,(H,24,26). The summed E-state index contributed by atoms with van der Waals surface area (Å²) in [5.74, 6) is -21.7. The van der Waals surface area contributed by atoms with Crippen LogP contribution in [0.25, 0.3) is 10.9 Å². The fourth-order valence-corrected chi connectivity index (χ4v) is 2.25. The molecule has 1 aromatic carbocycles. The number of rotatable bonds is 7. The van der Waals surface area contributed by atoms with Crippen molar-refractivity contribution in [2.75, 3.05) is 6.54 Å². The number of carbonyl (C=O) groups is 1. The second-order valence-corrected chi connectivity index (χ2v) is 5.44. The monoisotopic (exact) mass is 388 g/mol. The fraction of sp³-hybridized carbons (Fsp3) is 0.400. The van der Waals surface area contributed by atoms with E-state index < -0.39 is 36.6 Å². The molecule has 2 aromatic rings. The number of alkyl halides is 8. The zero-order valence-electron chi connectivity index (χ0n) is 12.8. The normalized spacial score (nSPS) is 13.4. The lowest BCUT2D eigenvalue weighted by Gasteiger charge is -2.31. The molecule has 0 aliphatic heterocycles. The van der Waals surface area contributed by atoms with E-state index in [1.54, 1.807) is 24.3 Å². The van der Waals surface area contributed by atoms with E-state index in [2.05, 4.69) is 4.98 Å². The van der Waals surface area contributed by atoms with Gasteiger partial charge in [0.2, 0.25) is 0 Å². The minimum absolute atomic E-state index is 0.0807. The number of fused-ring (bicyclic) bond motifs is 1. The molecule has 0 radical (unpaired) electrons. The van der Waals surface area contributed by atoms with E-state index >= 15 is 0 Å². The van der Waals surface area contributed by atoms with Gasteiger partial charge in [-0.05, 0) is 18.1 Å². The summed E-state index contributed by atoms with van der Waals surface area (Å²) in [5, 5.41) is 2.07. The molecule has 2 rings (SSSR count). The minimum Gasteiger partial charge on any atom is -0.361 e. The van der Waals surface area contributed by atoms with E-state index in [1.165, 1.54) is 11.5 Å². The van der Waals surface area contributed by atoms with Gasteiger partial charge in [0.05, 0.1) is 0 Å². The smallest absolute Gasteiger partial charge is 0.361 e. The molecule has 1 amide bonds. The summed E-state index contributed by atoms with van der Waals surface area (Å²) in [7, 11) is 0. The summed E-state index contributed by atoms with van der Waals surface area (Å²) in [6.45, 7) is -0.591. The van der Waals surface area contributed by atoms with E-state index in [9.17, 15) is 39.9 Å². The summed E-state index contributed by atoms with van der Waals surface area (Å²) >= 11 is 0. The number of aromatic amines is 1. The second-order valence-electron chi connectivity index (χ2n) is 5.44. The predicted octanol–water partition coefficient (Wildman–Crippen LogP) is 4.00. The molecule has 0 bridgehead atoms. The Morgan fingerprint density at radius 3 is 2.31 bits per heavy atom. The Morgan fingerprint density at radius 1 is 1.08 bits per heavy atom. The molecule has 0 fully saturated rings. The molecule has 144 valence electrons. The lowest BCUT2D eigenvalue weighted by atomic mass is 10.0. The fourth-order valence-electron chi connectivity index (χ4n) is 2.25. The maximum absolute atomic E-state index is 13.4. The number of carbonyl (C=O) groups excluding carboxylic acids is 1. The summed E-state index contributed by atoms with van der Waals surface area (Å²) in [4.78, 5) is 14.1. The van der Waals surface area contributed by atoms with Crippen molar-refractivity contribution in [2.45, 2.75) is 30.6 Å². The van der Waals surface area contributed by atoms with Crippen LogP contribution in [0.3, 0.4) is 0 Å². The van der Waals surface area contributed by atoms with E-state index in [4.69, 9.17) is 0 Å². The molecular weight excluding hydrogens is 376 g/mol. The Morgan fingerprint density at radius 2 is 1.69 bits per heavy atom. The molecule has 0 saturated carbocycles. The van der Waals surface area contributed by atoms with Crippen LogP contribution in [-0.2, 0) is 11.2 Å². The third-order valence-corrected chi connectivity index (χ3v) is 3.73. The van der Waals surface area contributed by atoms with Gasteiger partial charge in [0.15, 0.2) is 0 Å². The van der Waals surface area contributed by atoms with Crippen molar-refractivity contribution in [3.8, 4) is 0 Å². The number of nitrogens with one attached hydrogen (secondary N) is 2. The Hall–Kier alpha value is -2.33. The van der Waals surface area contributed by atoms with E-state index in [0.29, 0.717) is 16.5 Å². The maximum atomic E-state index is 13.4. The highest BCUT2D eigenvalue weighted by Gasteiger charge is 2.78. The third-order valence-electron chi connectivity index (χ3n) is 3.73. The molecule has 0 unspecified atom stereocenters. The van der Waals surface area contributed by atoms with Crippen molar-refractivity contribution in [3.05, 3.63) is 36.0 Å². The molecular formula is C15H12F8N2O. The van der Waals surface area contributed by atoms with Crippen molar-refractivity contribution >= 4 is 16.8 Å². The van der Waals surface area contributed by atoms with Crippen LogP contribution in [0.15, 0.2) is 30.5 Å². The zero-order chi connectivity index (χ0) is 19.8. The van der Waals surface area contributed by atoms with Gasteiger partial charge >= 0.3 is 24.2 Å². The first-order chi connectivity index (χ1) is 11.9. The summed E-state index contributed by atoms with van der Waals surface area (Å²) in [6.07, 6.45) is -3.65. The average Bonchev–Trinajstić information content (AvgIpc) is 2.97. The van der Waals surface area contributed by atoms with Gasteiger partial charge in [0.1, 0.15) is 0 Å². The third kappa shape index (κ3) is 3.21. The van der Waals surface area contributed by atoms with Crippen LogP contribution in [0.4, 0.5) is 35.1 Å². The van der Waals surface area contributed by atoms with Crippen LogP contribution in [0.5, 0.6) is 0 Å². The van der Waals surface area contributed by atoms with Crippen molar-refractivity contribution in [3.63, 3.8) is 0 Å². The zero-order valence-corrected chi connectivity index (χ0v) is 12.8. The molecule has 0 aliphatic rings. The first-order valence-corrected chi connectivity index (χ1v) is 7.17. The van der Waals surface area contributed by atoms with Crippen LogP contribution in [0, 0.1) is 0 Å². The van der Waals surface area contributed by atoms with Crippen LogP contribution >= 0.6 is 0 Å². The van der Waals surface area contributed by atoms with E-state index in [0.717, 1.165) is 0 Å². The Balaban J connectivity index is 2.06. The molecule has 2 N–H and O–H groups in total. The largest absolute Gasteiger partial charge is 0.392 e. The van der Waals surface area contributed by atoms with Crippen LogP contribution < -0.4 is 5.32 Å². The molecule has 3 nitrogen and oxygen atoms in total. The average molecular weight is 388 g/mol. The van der Waals surface area contributed by atoms with Gasteiger partial charge in [0.25, 0.3) is 5.91 Å². The number of amides is 1. The van der Waals surface area contributed by atoms with Crippen molar-refractivity contribution < 1.29 is 39.9 Å². The van der Waals surface area contributed by atoms with Crippen molar-refractivity contribution in [1.29, 1.82) is 0 Å². The van der Waals surface area contributed by atoms with E-state index in [-0.39, 0.29) is 6.42 Å². The van der Waals surface area contributed by atoms with Crippen molar-refractivity contribution in [1.82, 2.24) is 10.3 Å². The number of para-hydroxylation sites is 1. The second kappa shape index (κ2) is 6.76. The lowest BCUT2D eigenvalue weighted by molar-refractivity contribution is -0.327. The lowest BCUT2D eigenvalue weighted by Crippen LogP contribution is -2.63. The highest BCUT2D eigenvalue weighted by molar-refractivity contribution is 5.85. The predicted molar refractivity (Wildman–Crippen MR) is 75.9 cm³/mol. The van der Waals surface area contributed by atoms with Crippen LogP contribution in [0.1, 0.15) is 5.56 Å². The van der Waals surface area contributed by atoms with Gasteiger partial charge in [-0.3, -0.25) is 4.79 Å². The SMILES string of the molecule is O=C(NCCc1c[nH]c2ccccc12)C(F)(F)C(F)(F)C(F)(F)C(F)F. The molecule has 11 heteroatoms. The molecule has 26 heavy (non-hydrogen) atoms. The number of hydrogen-bond donors (Lipinski definition) is 2. The maximum Gasteiger partial charge on any atom is 0.392 e. The van der Waals surface area contributed by atoms with Gasteiger partial charge < -0.3 is 10.3 Å². The highest BCUT2D eigenvalue weighted by Crippen LogP contribution is 2.48. The molecule has 1 heterocycles. The summed E-state index contributed by atoms with van der Waals surface area (Å²) in [6, 6.07) is 6.78. The van der Waals surface area contributed by atoms with Crippen molar-refractivity contribution in [2.24, 2.45) is 0 Å². The number of halogens is 8. The summed E-state index contributed by atoms with van der Waals surface area (Å²) < 4.78 is 103. The van der Waals surface area contributed by atoms with Gasteiger partial charge in [-0.1, -0.05) is 18.2 Å². The number of benzene rings is 1. The van der Waals surface area contributed by atoms with Gasteiger partial charge in [0, 0.05) is 23.6 Å². The first-order valence-electron chi connectivity index (χ1n) is 7.17. The first kappa shape index (κ1) is 20.0. The van der Waals surface area contributed by atoms with Crippen LogP contribution in [-0.4, -0.2) is 41.6 Å². The Labute approximate surface area is 141 Å². The number of aromatic nitrogens is 1. The van der Waals surface area contributed by atoms with Gasteiger partial charge in [-0.2, -0.15) is 26.3 Å². The molecule has 0 aliphatic carbocycles. The Kier molecular flexibility index (Phi) is 5.20. The quantitative estimate of drug-likeness (QED) is 0.692.